The molecule has 1 aliphatic rings. The van der Waals surface area contributed by atoms with E-state index in [4.69, 9.17) is 9.15 Å². The van der Waals surface area contributed by atoms with Crippen LogP contribution in [0.5, 0.6) is 0 Å². The lowest BCUT2D eigenvalue weighted by Crippen LogP contribution is -2.31. The zero-order valence-corrected chi connectivity index (χ0v) is 18.4. The number of alkyl halides is 2. The summed E-state index contributed by atoms with van der Waals surface area (Å²) in [5.74, 6) is -4.55. The molecule has 0 saturated heterocycles. The highest BCUT2D eigenvalue weighted by Gasteiger charge is 2.35. The Kier molecular flexibility index (Phi) is 6.38. The molecule has 3 heterocycles. The molecule has 0 bridgehead atoms. The SMILES string of the molecule is O=C(OCC(=O)N1N=C(c2cccs2)CC1c1ccco1)c1ccc(S(=O)(=O)C(F)F)cc1. The van der Waals surface area contributed by atoms with Crippen molar-refractivity contribution in [2.75, 3.05) is 6.61 Å². The number of nitrogens with zero attached hydrogens (tertiary/aromatic N) is 2. The van der Waals surface area contributed by atoms with E-state index in [2.05, 4.69) is 5.10 Å². The molecule has 0 spiro atoms. The maximum atomic E-state index is 12.8. The Balaban J connectivity index is 1.45. The molecule has 0 N–H and O–H groups in total. The van der Waals surface area contributed by atoms with Gasteiger partial charge in [0.05, 0.1) is 27.3 Å². The zero-order valence-electron chi connectivity index (χ0n) is 16.8. The molecule has 172 valence electrons. The van der Waals surface area contributed by atoms with Gasteiger partial charge in [0, 0.05) is 6.42 Å². The molecule has 3 aromatic rings. The predicted molar refractivity (Wildman–Crippen MR) is 114 cm³/mol. The van der Waals surface area contributed by atoms with E-state index in [1.54, 1.807) is 12.1 Å². The number of sulfone groups is 1. The first-order chi connectivity index (χ1) is 15.8. The van der Waals surface area contributed by atoms with E-state index in [9.17, 15) is 26.8 Å². The van der Waals surface area contributed by atoms with Gasteiger partial charge >= 0.3 is 11.7 Å². The maximum Gasteiger partial charge on any atom is 0.341 e. The molecular formula is C21H16F2N2O6S2. The van der Waals surface area contributed by atoms with Gasteiger partial charge in [-0.15, -0.1) is 11.3 Å². The van der Waals surface area contributed by atoms with Gasteiger partial charge in [-0.25, -0.2) is 18.2 Å². The van der Waals surface area contributed by atoms with Crippen LogP contribution in [0.4, 0.5) is 8.78 Å². The number of hydrazone groups is 1. The molecule has 2 aromatic heterocycles. The molecule has 1 atom stereocenters. The van der Waals surface area contributed by atoms with Crippen molar-refractivity contribution in [3.8, 4) is 0 Å². The van der Waals surface area contributed by atoms with Gasteiger partial charge in [-0.1, -0.05) is 6.07 Å². The molecule has 0 radical (unpaired) electrons. The van der Waals surface area contributed by atoms with Crippen LogP contribution in [-0.4, -0.2) is 43.4 Å². The highest BCUT2D eigenvalue weighted by molar-refractivity contribution is 7.91. The highest BCUT2D eigenvalue weighted by Crippen LogP contribution is 2.34. The van der Waals surface area contributed by atoms with Crippen LogP contribution in [-0.2, 0) is 19.4 Å². The zero-order chi connectivity index (χ0) is 23.6. The monoisotopic (exact) mass is 494 g/mol. The standard InChI is InChI=1S/C21H16F2N2O6S2/c22-21(23)33(28,29)14-7-5-13(6-8-14)20(27)31-12-19(26)25-16(17-3-1-9-30-17)11-15(24-25)18-4-2-10-32-18/h1-10,16,21H,11-12H2. The van der Waals surface area contributed by atoms with Gasteiger partial charge < -0.3 is 9.15 Å². The van der Waals surface area contributed by atoms with Crippen molar-refractivity contribution < 1.29 is 35.9 Å². The number of benzene rings is 1. The topological polar surface area (TPSA) is 106 Å². The number of ether oxygens (including phenoxy) is 1. The van der Waals surface area contributed by atoms with Crippen LogP contribution in [0.15, 0.2) is 74.6 Å². The lowest BCUT2D eigenvalue weighted by molar-refractivity contribution is -0.136. The van der Waals surface area contributed by atoms with Crippen LogP contribution < -0.4 is 0 Å². The van der Waals surface area contributed by atoms with E-state index in [1.165, 1.54) is 22.6 Å². The quantitative estimate of drug-likeness (QED) is 0.462. The van der Waals surface area contributed by atoms with Crippen molar-refractivity contribution in [2.45, 2.75) is 23.1 Å². The summed E-state index contributed by atoms with van der Waals surface area (Å²) in [7, 11) is -4.78. The van der Waals surface area contributed by atoms with Crippen LogP contribution in [0.3, 0.4) is 0 Å². The van der Waals surface area contributed by atoms with Crippen LogP contribution >= 0.6 is 11.3 Å². The van der Waals surface area contributed by atoms with Crippen molar-refractivity contribution in [1.82, 2.24) is 5.01 Å². The lowest BCUT2D eigenvalue weighted by atomic mass is 10.1. The third-order valence-electron chi connectivity index (χ3n) is 4.82. The van der Waals surface area contributed by atoms with E-state index < -0.39 is 45.0 Å². The Labute approximate surface area is 191 Å². The van der Waals surface area contributed by atoms with Crippen molar-refractivity contribution >= 4 is 38.8 Å². The minimum atomic E-state index is -4.78. The molecule has 1 amide bonds. The fourth-order valence-corrected chi connectivity index (χ4v) is 4.64. The second kappa shape index (κ2) is 9.24. The molecule has 0 fully saturated rings. The third-order valence-corrected chi connectivity index (χ3v) is 7.14. The van der Waals surface area contributed by atoms with Gasteiger partial charge in [-0.2, -0.15) is 13.9 Å². The van der Waals surface area contributed by atoms with Crippen molar-refractivity contribution in [1.29, 1.82) is 0 Å². The lowest BCUT2D eigenvalue weighted by Gasteiger charge is -2.19. The summed E-state index contributed by atoms with van der Waals surface area (Å²) in [5, 5.41) is 7.50. The van der Waals surface area contributed by atoms with Crippen molar-refractivity contribution in [3.05, 3.63) is 76.4 Å². The minimum Gasteiger partial charge on any atom is -0.467 e. The van der Waals surface area contributed by atoms with E-state index >= 15 is 0 Å². The number of rotatable bonds is 7. The second-order valence-electron chi connectivity index (χ2n) is 6.90. The highest BCUT2D eigenvalue weighted by atomic mass is 32.2. The smallest absolute Gasteiger partial charge is 0.341 e. The minimum absolute atomic E-state index is 0.0946. The predicted octanol–water partition coefficient (Wildman–Crippen LogP) is 3.87. The number of halogens is 2. The molecular weight excluding hydrogens is 478 g/mol. The van der Waals surface area contributed by atoms with Gasteiger partial charge in [-0.3, -0.25) is 4.79 Å². The average Bonchev–Trinajstić information content (AvgIpc) is 3.57. The Bertz CT molecular complexity index is 1270. The van der Waals surface area contributed by atoms with Gasteiger partial charge in [0.15, 0.2) is 6.61 Å². The second-order valence-corrected chi connectivity index (χ2v) is 9.77. The first-order valence-electron chi connectivity index (χ1n) is 9.53. The van der Waals surface area contributed by atoms with Crippen LogP contribution in [0.2, 0.25) is 0 Å². The summed E-state index contributed by atoms with van der Waals surface area (Å²) < 4.78 is 58.7. The number of carbonyl (C=O) groups is 2. The van der Waals surface area contributed by atoms with Crippen LogP contribution in [0.1, 0.15) is 33.5 Å². The Morgan fingerprint density at radius 1 is 1.18 bits per heavy atom. The van der Waals surface area contributed by atoms with E-state index in [-0.39, 0.29) is 5.56 Å². The summed E-state index contributed by atoms with van der Waals surface area (Å²) >= 11 is 1.48. The van der Waals surface area contributed by atoms with Crippen LogP contribution in [0.25, 0.3) is 0 Å². The van der Waals surface area contributed by atoms with Crippen molar-refractivity contribution in [2.24, 2.45) is 5.10 Å². The van der Waals surface area contributed by atoms with Gasteiger partial charge in [0.1, 0.15) is 11.8 Å². The van der Waals surface area contributed by atoms with E-state index in [1.807, 2.05) is 17.5 Å². The number of hydrogen-bond donors (Lipinski definition) is 0. The Morgan fingerprint density at radius 3 is 2.55 bits per heavy atom. The fraction of sp³-hybridized carbons (Fsp3) is 0.190. The molecule has 12 heteroatoms. The molecule has 0 aliphatic carbocycles. The third kappa shape index (κ3) is 4.71. The van der Waals surface area contributed by atoms with Crippen LogP contribution in [0, 0.1) is 0 Å². The number of carbonyl (C=O) groups excluding carboxylic acids is 2. The average molecular weight is 494 g/mol. The normalized spacial score (nSPS) is 16.2. The number of esters is 1. The van der Waals surface area contributed by atoms with Gasteiger partial charge in [-0.05, 0) is 47.8 Å². The summed E-state index contributed by atoms with van der Waals surface area (Å²) in [6.45, 7) is -0.631. The molecule has 1 aliphatic heterocycles. The maximum absolute atomic E-state index is 12.8. The van der Waals surface area contributed by atoms with E-state index in [0.29, 0.717) is 17.9 Å². The molecule has 4 rings (SSSR count). The van der Waals surface area contributed by atoms with Crippen molar-refractivity contribution in [3.63, 3.8) is 0 Å². The fourth-order valence-electron chi connectivity index (χ4n) is 3.19. The Hall–Kier alpha value is -3.38. The summed E-state index contributed by atoms with van der Waals surface area (Å²) in [6, 6.07) is 10.5. The number of thiophene rings is 1. The summed E-state index contributed by atoms with van der Waals surface area (Å²) in [5.41, 5.74) is 0.602. The van der Waals surface area contributed by atoms with E-state index in [0.717, 1.165) is 29.1 Å². The molecule has 0 saturated carbocycles. The van der Waals surface area contributed by atoms with Gasteiger partial charge in [0.25, 0.3) is 5.91 Å². The summed E-state index contributed by atoms with van der Waals surface area (Å²) in [6.07, 6.45) is 1.91. The summed E-state index contributed by atoms with van der Waals surface area (Å²) in [4.78, 5) is 25.4. The number of furan rings is 1. The molecule has 8 nitrogen and oxygen atoms in total. The number of amides is 1. The molecule has 33 heavy (non-hydrogen) atoms. The van der Waals surface area contributed by atoms with Gasteiger partial charge in [0.2, 0.25) is 9.84 Å². The largest absolute Gasteiger partial charge is 0.467 e. The number of hydrogen-bond acceptors (Lipinski definition) is 8. The first kappa shape index (κ1) is 22.8. The molecule has 1 aromatic carbocycles. The first-order valence-corrected chi connectivity index (χ1v) is 12.0. The Morgan fingerprint density at radius 2 is 1.94 bits per heavy atom. The molecule has 1 unspecified atom stereocenters.